The molecule has 8 heterocycles. The molecule has 0 unspecified atom stereocenters. The predicted octanol–water partition coefficient (Wildman–Crippen LogP) is 4.76. The molecule has 0 saturated heterocycles. The number of carbonyl (C=O) groups is 2. The summed E-state index contributed by atoms with van der Waals surface area (Å²) in [5.41, 5.74) is 25.4. The lowest BCUT2D eigenvalue weighted by molar-refractivity contribution is 0.0531. The first-order chi connectivity index (χ1) is 28.0. The maximum absolute atomic E-state index is 12.2. The summed E-state index contributed by atoms with van der Waals surface area (Å²) in [7, 11) is 3.75. The Morgan fingerprint density at radius 2 is 1.19 bits per heavy atom. The molecule has 8 rings (SSSR count). The highest BCUT2D eigenvalue weighted by Gasteiger charge is 2.19. The summed E-state index contributed by atoms with van der Waals surface area (Å²) in [6.07, 6.45) is 16.2. The number of amides is 1. The van der Waals surface area contributed by atoms with Gasteiger partial charge in [-0.05, 0) is 57.1 Å². The second kappa shape index (κ2) is 16.9. The van der Waals surface area contributed by atoms with E-state index in [2.05, 4.69) is 35.8 Å². The molecule has 8 aromatic rings. The van der Waals surface area contributed by atoms with Gasteiger partial charge in [-0.2, -0.15) is 10.2 Å². The van der Waals surface area contributed by atoms with Crippen LogP contribution in [-0.2, 0) is 31.7 Å². The van der Waals surface area contributed by atoms with Crippen molar-refractivity contribution < 1.29 is 14.3 Å². The Balaban J connectivity index is 0.000000177. The minimum absolute atomic E-state index is 0.317. The molecule has 0 atom stereocenters. The van der Waals surface area contributed by atoms with Crippen molar-refractivity contribution in [3.05, 3.63) is 94.0 Å². The van der Waals surface area contributed by atoms with Crippen LogP contribution in [0.2, 0.25) is 0 Å². The van der Waals surface area contributed by atoms with Crippen LogP contribution in [-0.4, -0.2) is 79.9 Å². The van der Waals surface area contributed by atoms with Crippen LogP contribution >= 0.6 is 22.7 Å². The van der Waals surface area contributed by atoms with Crippen LogP contribution in [0.3, 0.4) is 0 Å². The van der Waals surface area contributed by atoms with Gasteiger partial charge < -0.3 is 32.6 Å². The number of rotatable bonds is 13. The van der Waals surface area contributed by atoms with Crippen molar-refractivity contribution >= 4 is 67.5 Å². The Kier molecular flexibility index (Phi) is 11.6. The summed E-state index contributed by atoms with van der Waals surface area (Å²) < 4.78 is 12.6. The number of thiophene rings is 2. The van der Waals surface area contributed by atoms with E-state index in [1.165, 1.54) is 22.7 Å². The van der Waals surface area contributed by atoms with E-state index in [1.54, 1.807) is 41.1 Å². The second-order valence-electron chi connectivity index (χ2n) is 13.3. The lowest BCUT2D eigenvalue weighted by atomic mass is 10.2. The molecule has 0 aliphatic rings. The molecule has 8 N–H and O–H groups in total. The summed E-state index contributed by atoms with van der Waals surface area (Å²) in [4.78, 5) is 43.3. The fraction of sp³-hybridized carbons (Fsp3) is 0.263. The van der Waals surface area contributed by atoms with Crippen molar-refractivity contribution in [3.63, 3.8) is 0 Å². The van der Waals surface area contributed by atoms with Gasteiger partial charge >= 0.3 is 5.97 Å². The number of fused-ring (bicyclic) bond motifs is 2. The van der Waals surface area contributed by atoms with Crippen LogP contribution in [0.1, 0.15) is 48.8 Å². The van der Waals surface area contributed by atoms with Crippen LogP contribution in [0, 0.1) is 13.8 Å². The largest absolute Gasteiger partial charge is 0.462 e. The van der Waals surface area contributed by atoms with Gasteiger partial charge in [0.15, 0.2) is 22.9 Å². The van der Waals surface area contributed by atoms with Crippen LogP contribution in [0.15, 0.2) is 61.7 Å². The van der Waals surface area contributed by atoms with E-state index < -0.39 is 5.91 Å². The summed E-state index contributed by atoms with van der Waals surface area (Å²) in [6.45, 7) is 6.84. The van der Waals surface area contributed by atoms with Crippen molar-refractivity contribution in [2.75, 3.05) is 30.3 Å². The number of hydrogen-bond donors (Lipinski definition) is 5. The predicted molar refractivity (Wildman–Crippen MR) is 225 cm³/mol. The number of primary amides is 1. The average Bonchev–Trinajstić information content (AvgIpc) is 4.04. The van der Waals surface area contributed by atoms with E-state index in [0.29, 0.717) is 65.2 Å². The Morgan fingerprint density at radius 1 is 0.724 bits per heavy atom. The zero-order valence-corrected chi connectivity index (χ0v) is 34.2. The third kappa shape index (κ3) is 8.30. The fourth-order valence-electron chi connectivity index (χ4n) is 6.28. The highest BCUT2D eigenvalue weighted by Crippen LogP contribution is 2.33. The van der Waals surface area contributed by atoms with Gasteiger partial charge in [0.2, 0.25) is 0 Å². The number of imidazole rings is 2. The van der Waals surface area contributed by atoms with Gasteiger partial charge in [-0.1, -0.05) is 0 Å². The van der Waals surface area contributed by atoms with Gasteiger partial charge in [0.1, 0.15) is 4.88 Å². The molecule has 0 radical (unpaired) electrons. The zero-order chi connectivity index (χ0) is 41.1. The lowest BCUT2D eigenvalue weighted by Gasteiger charge is -2.09. The number of carbonyl (C=O) groups excluding carboxylic acids is 2. The highest BCUT2D eigenvalue weighted by atomic mass is 32.1. The van der Waals surface area contributed by atoms with Gasteiger partial charge in [0, 0.05) is 62.9 Å². The molecule has 18 nitrogen and oxygen atoms in total. The number of nitrogens with zero attached hydrogens (tertiary/aromatic N) is 10. The minimum Gasteiger partial charge on any atom is -0.462 e. The first kappa shape index (κ1) is 39.7. The standard InChI is InChI=1S/C20H23N7O2S.C18H20N8OS/c1-4-29-20(28)17-12(2)7-16(30-17)25-18-19-22-9-15(13-8-23-26(3)10-13)27(19)11-14(24-18)5-6-21;1-10-5-14(28-15(10)16(20)27)24-17-18-21-7-13(11-6-22-25(2)8-11)26(18)9-12(23-17)3-4-19/h7-11H,4-6,21H2,1-3H3,(H,24,25);5-9H,3-4,19H2,1-2H3,(H2,20,27)(H,23,24). The third-order valence-corrected chi connectivity index (χ3v) is 11.2. The lowest BCUT2D eigenvalue weighted by Crippen LogP contribution is -2.09. The van der Waals surface area contributed by atoms with Gasteiger partial charge in [-0.3, -0.25) is 23.0 Å². The second-order valence-corrected chi connectivity index (χ2v) is 15.4. The minimum atomic E-state index is -0.440. The summed E-state index contributed by atoms with van der Waals surface area (Å²) in [5, 5.41) is 16.7. The van der Waals surface area contributed by atoms with Gasteiger partial charge in [0.05, 0.1) is 69.0 Å². The number of ether oxygens (including phenoxy) is 1. The quantitative estimate of drug-likeness (QED) is 0.0987. The van der Waals surface area contributed by atoms with Crippen LogP contribution in [0.5, 0.6) is 0 Å². The number of esters is 1. The molecule has 0 aliphatic heterocycles. The molecule has 1 amide bonds. The Bertz CT molecular complexity index is 2750. The van der Waals surface area contributed by atoms with E-state index in [4.69, 9.17) is 26.9 Å². The van der Waals surface area contributed by atoms with Crippen LogP contribution < -0.4 is 27.8 Å². The fourth-order valence-corrected chi connectivity index (χ4v) is 8.17. The Morgan fingerprint density at radius 3 is 1.59 bits per heavy atom. The summed E-state index contributed by atoms with van der Waals surface area (Å²) >= 11 is 2.63. The molecule has 58 heavy (non-hydrogen) atoms. The average molecular weight is 822 g/mol. The number of nitrogens with one attached hydrogen (secondary N) is 2. The van der Waals surface area contributed by atoms with Crippen LogP contribution in [0.4, 0.5) is 21.6 Å². The topological polar surface area (TPSA) is 242 Å². The molecule has 0 spiro atoms. The summed E-state index contributed by atoms with van der Waals surface area (Å²) in [6, 6.07) is 3.79. The number of aryl methyl sites for hydroxylation is 4. The van der Waals surface area contributed by atoms with Crippen molar-refractivity contribution in [2.24, 2.45) is 31.3 Å². The van der Waals surface area contributed by atoms with E-state index in [9.17, 15) is 9.59 Å². The van der Waals surface area contributed by atoms with Gasteiger partial charge in [-0.25, -0.2) is 24.7 Å². The molecule has 0 fully saturated rings. The molecular weight excluding hydrogens is 779 g/mol. The first-order valence-electron chi connectivity index (χ1n) is 18.3. The van der Waals surface area contributed by atoms with Crippen molar-refractivity contribution in [3.8, 4) is 22.5 Å². The summed E-state index contributed by atoms with van der Waals surface area (Å²) in [5.74, 6) is 0.444. The molecule has 0 aromatic carbocycles. The molecule has 300 valence electrons. The molecule has 20 heteroatoms. The number of anilines is 4. The van der Waals surface area contributed by atoms with Gasteiger partial charge in [0.25, 0.3) is 5.91 Å². The molecule has 8 aromatic heterocycles. The first-order valence-corrected chi connectivity index (χ1v) is 19.9. The third-order valence-electron chi connectivity index (χ3n) is 8.89. The maximum atomic E-state index is 12.2. The van der Waals surface area contributed by atoms with Gasteiger partial charge in [-0.15, -0.1) is 22.7 Å². The molecule has 0 saturated carbocycles. The van der Waals surface area contributed by atoms with Crippen molar-refractivity contribution in [1.82, 2.24) is 48.3 Å². The van der Waals surface area contributed by atoms with E-state index >= 15 is 0 Å². The number of hydrogen-bond acceptors (Lipinski definition) is 15. The van der Waals surface area contributed by atoms with Crippen molar-refractivity contribution in [1.29, 1.82) is 0 Å². The monoisotopic (exact) mass is 821 g/mol. The SMILES string of the molecule is CCOC(=O)c1sc(Nc2nc(CCN)cn3c(-c4cnn(C)c4)cnc23)cc1C.Cc1cc(Nc2nc(CCN)cn3c(-c4cnn(C)c4)cnc23)sc1C(N)=O. The zero-order valence-electron chi connectivity index (χ0n) is 32.6. The maximum Gasteiger partial charge on any atom is 0.348 e. The number of aromatic nitrogens is 10. The highest BCUT2D eigenvalue weighted by molar-refractivity contribution is 7.18. The molecule has 0 aliphatic carbocycles. The normalized spacial score (nSPS) is 11.2. The Labute approximate surface area is 340 Å². The van der Waals surface area contributed by atoms with Crippen molar-refractivity contribution in [2.45, 2.75) is 33.6 Å². The Hall–Kier alpha value is -6.48. The van der Waals surface area contributed by atoms with E-state index in [1.807, 2.05) is 73.7 Å². The molecule has 0 bridgehead atoms. The molecular formula is C38H43N15O3S2. The smallest absolute Gasteiger partial charge is 0.348 e. The van der Waals surface area contributed by atoms with E-state index in [0.717, 1.165) is 55.0 Å². The number of nitrogens with two attached hydrogens (primary N) is 3. The van der Waals surface area contributed by atoms with E-state index in [-0.39, 0.29) is 5.97 Å². The van der Waals surface area contributed by atoms with Crippen LogP contribution in [0.25, 0.3) is 33.8 Å².